The Morgan fingerprint density at radius 3 is 2.73 bits per heavy atom. The highest BCUT2D eigenvalue weighted by Gasteiger charge is 2.53. The summed E-state index contributed by atoms with van der Waals surface area (Å²) < 4.78 is 0. The lowest BCUT2D eigenvalue weighted by Crippen LogP contribution is -2.32. The van der Waals surface area contributed by atoms with E-state index in [0.29, 0.717) is 11.5 Å². The summed E-state index contributed by atoms with van der Waals surface area (Å²) >= 11 is 0. The molecule has 2 aliphatic carbocycles. The van der Waals surface area contributed by atoms with Crippen LogP contribution in [0.1, 0.15) is 43.2 Å². The molecule has 1 heteroatoms. The largest absolute Gasteiger partial charge is 0.327 e. The monoisotopic (exact) mass is 201 g/mol. The number of aryl methyl sites for hydroxylation is 1. The van der Waals surface area contributed by atoms with E-state index in [1.807, 2.05) is 0 Å². The van der Waals surface area contributed by atoms with Crippen molar-refractivity contribution in [3.8, 4) is 0 Å². The molecule has 0 spiro atoms. The lowest BCUT2D eigenvalue weighted by atomic mass is 9.80. The third-order valence-electron chi connectivity index (χ3n) is 4.56. The van der Waals surface area contributed by atoms with Gasteiger partial charge in [0.1, 0.15) is 0 Å². The van der Waals surface area contributed by atoms with E-state index >= 15 is 0 Å². The smallest absolute Gasteiger partial charge is 0.00728 e. The molecule has 2 aliphatic rings. The third-order valence-corrected chi connectivity index (χ3v) is 4.56. The van der Waals surface area contributed by atoms with Crippen LogP contribution in [-0.2, 0) is 6.42 Å². The van der Waals surface area contributed by atoms with E-state index in [9.17, 15) is 0 Å². The molecule has 80 valence electrons. The first-order chi connectivity index (χ1) is 7.24. The molecule has 0 aromatic heterocycles. The number of hydrogen-bond donors (Lipinski definition) is 1. The number of rotatable bonds is 2. The molecule has 1 aromatic carbocycles. The maximum Gasteiger partial charge on any atom is 0.00728 e. The SMILES string of the molecule is CC(N)C1(C2CCc3ccccc32)CC1. The van der Waals surface area contributed by atoms with Gasteiger partial charge in [0.25, 0.3) is 0 Å². The minimum absolute atomic E-state index is 0.355. The second-order valence-corrected chi connectivity index (χ2v) is 5.31. The first-order valence-corrected chi connectivity index (χ1v) is 6.07. The van der Waals surface area contributed by atoms with Crippen LogP contribution in [0.4, 0.5) is 0 Å². The molecular weight excluding hydrogens is 182 g/mol. The maximum atomic E-state index is 6.17. The fourth-order valence-electron chi connectivity index (χ4n) is 3.42. The van der Waals surface area contributed by atoms with Gasteiger partial charge < -0.3 is 5.73 Å². The quantitative estimate of drug-likeness (QED) is 0.782. The zero-order valence-corrected chi connectivity index (χ0v) is 9.37. The van der Waals surface area contributed by atoms with Gasteiger partial charge in [0.15, 0.2) is 0 Å². The zero-order valence-electron chi connectivity index (χ0n) is 9.37. The second-order valence-electron chi connectivity index (χ2n) is 5.31. The van der Waals surface area contributed by atoms with Crippen LogP contribution in [-0.4, -0.2) is 6.04 Å². The fraction of sp³-hybridized carbons (Fsp3) is 0.571. The van der Waals surface area contributed by atoms with E-state index in [1.54, 1.807) is 11.1 Å². The Morgan fingerprint density at radius 2 is 2.07 bits per heavy atom. The van der Waals surface area contributed by atoms with Gasteiger partial charge in [-0.25, -0.2) is 0 Å². The van der Waals surface area contributed by atoms with Gasteiger partial charge in [-0.3, -0.25) is 0 Å². The molecule has 1 saturated carbocycles. The number of nitrogens with two attached hydrogens (primary N) is 1. The predicted molar refractivity (Wildman–Crippen MR) is 62.8 cm³/mol. The first-order valence-electron chi connectivity index (χ1n) is 6.07. The number of benzene rings is 1. The predicted octanol–water partition coefficient (Wildman–Crippen LogP) is 2.84. The van der Waals surface area contributed by atoms with Crippen LogP contribution in [0.5, 0.6) is 0 Å². The fourth-order valence-corrected chi connectivity index (χ4v) is 3.42. The molecule has 0 amide bonds. The van der Waals surface area contributed by atoms with Crippen LogP contribution in [0.15, 0.2) is 24.3 Å². The van der Waals surface area contributed by atoms with E-state index < -0.39 is 0 Å². The average Bonchev–Trinajstić information content (AvgIpc) is 2.93. The van der Waals surface area contributed by atoms with Crippen molar-refractivity contribution in [2.75, 3.05) is 0 Å². The summed E-state index contributed by atoms with van der Waals surface area (Å²) in [6.07, 6.45) is 5.25. The summed E-state index contributed by atoms with van der Waals surface area (Å²) in [7, 11) is 0. The normalized spacial score (nSPS) is 28.5. The summed E-state index contributed by atoms with van der Waals surface area (Å²) in [5.41, 5.74) is 9.78. The van der Waals surface area contributed by atoms with Crippen molar-refractivity contribution < 1.29 is 0 Å². The topological polar surface area (TPSA) is 26.0 Å². The Labute approximate surface area is 91.7 Å². The molecule has 0 radical (unpaired) electrons. The Balaban J connectivity index is 1.98. The summed E-state index contributed by atoms with van der Waals surface area (Å²) in [4.78, 5) is 0. The summed E-state index contributed by atoms with van der Waals surface area (Å²) in [5, 5.41) is 0. The summed E-state index contributed by atoms with van der Waals surface area (Å²) in [6.45, 7) is 2.19. The van der Waals surface area contributed by atoms with Gasteiger partial charge in [-0.2, -0.15) is 0 Å². The lowest BCUT2D eigenvalue weighted by Gasteiger charge is -2.27. The van der Waals surface area contributed by atoms with Gasteiger partial charge in [-0.1, -0.05) is 24.3 Å². The van der Waals surface area contributed by atoms with Crippen molar-refractivity contribution in [1.29, 1.82) is 0 Å². The summed E-state index contributed by atoms with van der Waals surface area (Å²) in [6, 6.07) is 9.29. The van der Waals surface area contributed by atoms with E-state index in [-0.39, 0.29) is 0 Å². The molecule has 3 rings (SSSR count). The molecule has 1 nitrogen and oxygen atoms in total. The van der Waals surface area contributed by atoms with Crippen LogP contribution in [0.25, 0.3) is 0 Å². The van der Waals surface area contributed by atoms with E-state index in [1.165, 1.54) is 25.7 Å². The summed E-state index contributed by atoms with van der Waals surface area (Å²) in [5.74, 6) is 0.744. The average molecular weight is 201 g/mol. The molecule has 15 heavy (non-hydrogen) atoms. The highest BCUT2D eigenvalue weighted by Crippen LogP contribution is 2.61. The van der Waals surface area contributed by atoms with Crippen molar-refractivity contribution in [3.05, 3.63) is 35.4 Å². The molecule has 1 fully saturated rings. The minimum atomic E-state index is 0.355. The van der Waals surface area contributed by atoms with Crippen molar-refractivity contribution >= 4 is 0 Å². The van der Waals surface area contributed by atoms with Crippen molar-refractivity contribution in [1.82, 2.24) is 0 Å². The molecule has 0 heterocycles. The second kappa shape index (κ2) is 3.08. The van der Waals surface area contributed by atoms with Crippen molar-refractivity contribution in [2.24, 2.45) is 11.1 Å². The van der Waals surface area contributed by atoms with Gasteiger partial charge >= 0.3 is 0 Å². The van der Waals surface area contributed by atoms with Crippen LogP contribution >= 0.6 is 0 Å². The highest BCUT2D eigenvalue weighted by atomic mass is 14.7. The molecule has 2 unspecified atom stereocenters. The molecule has 0 saturated heterocycles. The molecule has 0 aliphatic heterocycles. The van der Waals surface area contributed by atoms with Gasteiger partial charge in [-0.15, -0.1) is 0 Å². The van der Waals surface area contributed by atoms with E-state index in [2.05, 4.69) is 31.2 Å². The van der Waals surface area contributed by atoms with Crippen LogP contribution < -0.4 is 5.73 Å². The third kappa shape index (κ3) is 1.26. The molecule has 0 bridgehead atoms. The van der Waals surface area contributed by atoms with Gasteiger partial charge in [0.2, 0.25) is 0 Å². The Kier molecular flexibility index (Phi) is 1.93. The lowest BCUT2D eigenvalue weighted by molar-refractivity contribution is 0.337. The van der Waals surface area contributed by atoms with Crippen LogP contribution in [0.3, 0.4) is 0 Å². The van der Waals surface area contributed by atoms with Gasteiger partial charge in [0, 0.05) is 6.04 Å². The molecule has 1 aromatic rings. The van der Waals surface area contributed by atoms with Gasteiger partial charge in [0.05, 0.1) is 0 Å². The van der Waals surface area contributed by atoms with Crippen LogP contribution in [0, 0.1) is 5.41 Å². The van der Waals surface area contributed by atoms with Crippen LogP contribution in [0.2, 0.25) is 0 Å². The van der Waals surface area contributed by atoms with E-state index in [0.717, 1.165) is 5.92 Å². The first kappa shape index (κ1) is 9.41. The standard InChI is InChI=1S/C14H19N/c1-10(15)14(8-9-14)13-7-6-11-4-2-3-5-12(11)13/h2-5,10,13H,6-9,15H2,1H3. The zero-order chi connectivity index (χ0) is 10.5. The molecule has 2 N–H and O–H groups in total. The molecule has 2 atom stereocenters. The number of hydrogen-bond acceptors (Lipinski definition) is 1. The van der Waals surface area contributed by atoms with E-state index in [4.69, 9.17) is 5.73 Å². The Hall–Kier alpha value is -0.820. The highest BCUT2D eigenvalue weighted by molar-refractivity contribution is 5.38. The number of fused-ring (bicyclic) bond motifs is 1. The Morgan fingerprint density at radius 1 is 1.33 bits per heavy atom. The molecular formula is C14H19N. The minimum Gasteiger partial charge on any atom is -0.327 e. The Bertz CT molecular complexity index is 377. The van der Waals surface area contributed by atoms with Gasteiger partial charge in [-0.05, 0) is 55.1 Å². The van der Waals surface area contributed by atoms with Crippen molar-refractivity contribution in [3.63, 3.8) is 0 Å². The maximum absolute atomic E-state index is 6.17. The van der Waals surface area contributed by atoms with Crippen molar-refractivity contribution in [2.45, 2.75) is 44.6 Å².